The Hall–Kier alpha value is -1.81. The van der Waals surface area contributed by atoms with Crippen molar-refractivity contribution in [1.29, 1.82) is 0 Å². The fraction of sp³-hybridized carbons (Fsp3) is 0.545. The van der Waals surface area contributed by atoms with Gasteiger partial charge in [-0.25, -0.2) is 4.99 Å². The van der Waals surface area contributed by atoms with E-state index in [0.29, 0.717) is 25.6 Å². The van der Waals surface area contributed by atoms with E-state index in [1.54, 1.807) is 7.11 Å². The summed E-state index contributed by atoms with van der Waals surface area (Å²) in [6, 6.07) is 10.3. The van der Waals surface area contributed by atoms with E-state index in [2.05, 4.69) is 71.1 Å². The number of aliphatic imine (C=N–C) groups is 1. The van der Waals surface area contributed by atoms with Crippen molar-refractivity contribution >= 4 is 35.6 Å². The highest BCUT2D eigenvalue weighted by Gasteiger charge is 2.13. The van der Waals surface area contributed by atoms with Crippen LogP contribution in [0.2, 0.25) is 0 Å². The Morgan fingerprint density at radius 2 is 1.87 bits per heavy atom. The monoisotopic (exact) mass is 529 g/mol. The van der Waals surface area contributed by atoms with Gasteiger partial charge in [0.15, 0.2) is 11.7 Å². The minimum atomic E-state index is 0. The lowest BCUT2D eigenvalue weighted by atomic mass is 9.99. The van der Waals surface area contributed by atoms with Crippen LogP contribution in [0.1, 0.15) is 56.5 Å². The number of guanidine groups is 1. The zero-order valence-corrected chi connectivity index (χ0v) is 20.9. The number of aromatic nitrogens is 1. The first-order valence-electron chi connectivity index (χ1n) is 10.5. The van der Waals surface area contributed by atoms with Crippen molar-refractivity contribution in [3.63, 3.8) is 0 Å². The Balaban J connectivity index is 0.00000450. The number of anilines is 1. The molecule has 2 rings (SSSR count). The van der Waals surface area contributed by atoms with Crippen molar-refractivity contribution in [2.45, 2.75) is 52.6 Å². The predicted octanol–water partition coefficient (Wildman–Crippen LogP) is 4.51. The topological polar surface area (TPSA) is 83.7 Å². The van der Waals surface area contributed by atoms with E-state index in [4.69, 9.17) is 9.26 Å². The Kier molecular flexibility index (Phi) is 13.2. The standard InChI is InChI=1S/C22H35N5O2.HI/c1-5-18(6-2)21-14-20(29-27-21)16-26-22(23-7-3)25-15-17-8-10-19(11-9-17)24-12-13-28-4;/h8-11,14,18,24H,5-7,12-13,15-16H2,1-4H3,(H2,23,25,26);1H. The second-order valence-corrected chi connectivity index (χ2v) is 6.90. The quantitative estimate of drug-likeness (QED) is 0.163. The SMILES string of the molecule is CCNC(=NCc1ccc(NCCOC)cc1)NCc1cc(C(CC)CC)no1.I. The third-order valence-corrected chi connectivity index (χ3v) is 4.76. The number of hydrogen-bond acceptors (Lipinski definition) is 5. The molecule has 1 aromatic heterocycles. The summed E-state index contributed by atoms with van der Waals surface area (Å²) < 4.78 is 10.5. The van der Waals surface area contributed by atoms with Crippen LogP contribution in [0.15, 0.2) is 39.8 Å². The number of nitrogens with one attached hydrogen (secondary N) is 3. The smallest absolute Gasteiger partial charge is 0.191 e. The van der Waals surface area contributed by atoms with Gasteiger partial charge in [0.1, 0.15) is 0 Å². The average molecular weight is 529 g/mol. The van der Waals surface area contributed by atoms with Crippen LogP contribution in [0.4, 0.5) is 5.69 Å². The van der Waals surface area contributed by atoms with Crippen LogP contribution in [0.5, 0.6) is 0 Å². The predicted molar refractivity (Wildman–Crippen MR) is 134 cm³/mol. The number of ether oxygens (including phenoxy) is 1. The highest BCUT2D eigenvalue weighted by Crippen LogP contribution is 2.22. The summed E-state index contributed by atoms with van der Waals surface area (Å²) in [5, 5.41) is 14.1. The number of halogens is 1. The largest absolute Gasteiger partial charge is 0.383 e. The molecule has 0 amide bonds. The van der Waals surface area contributed by atoms with Gasteiger partial charge in [-0.3, -0.25) is 0 Å². The first kappa shape index (κ1) is 26.2. The van der Waals surface area contributed by atoms with Crippen molar-refractivity contribution in [2.75, 3.05) is 32.1 Å². The second-order valence-electron chi connectivity index (χ2n) is 6.90. The maximum Gasteiger partial charge on any atom is 0.191 e. The summed E-state index contributed by atoms with van der Waals surface area (Å²) in [5.74, 6) is 2.04. The first-order valence-corrected chi connectivity index (χ1v) is 10.5. The zero-order chi connectivity index (χ0) is 20.9. The summed E-state index contributed by atoms with van der Waals surface area (Å²) in [4.78, 5) is 4.67. The van der Waals surface area contributed by atoms with E-state index in [1.165, 1.54) is 0 Å². The van der Waals surface area contributed by atoms with Gasteiger partial charge in [-0.05, 0) is 37.5 Å². The molecule has 3 N–H and O–H groups in total. The van der Waals surface area contributed by atoms with Crippen molar-refractivity contribution in [3.8, 4) is 0 Å². The Labute approximate surface area is 197 Å². The van der Waals surface area contributed by atoms with Crippen molar-refractivity contribution in [2.24, 2.45) is 4.99 Å². The molecule has 0 aliphatic rings. The van der Waals surface area contributed by atoms with Gasteiger partial charge in [0.05, 0.1) is 25.4 Å². The molecule has 0 unspecified atom stereocenters. The summed E-state index contributed by atoms with van der Waals surface area (Å²) in [6.45, 7) is 9.85. The average Bonchev–Trinajstić information content (AvgIpc) is 3.21. The van der Waals surface area contributed by atoms with E-state index >= 15 is 0 Å². The van der Waals surface area contributed by atoms with Gasteiger partial charge in [-0.2, -0.15) is 0 Å². The molecule has 0 fully saturated rings. The molecule has 0 saturated heterocycles. The van der Waals surface area contributed by atoms with Crippen LogP contribution in [0.25, 0.3) is 0 Å². The minimum absolute atomic E-state index is 0. The zero-order valence-electron chi connectivity index (χ0n) is 18.5. The Morgan fingerprint density at radius 1 is 1.13 bits per heavy atom. The molecule has 1 aromatic carbocycles. The number of methoxy groups -OCH3 is 1. The van der Waals surface area contributed by atoms with Gasteiger partial charge >= 0.3 is 0 Å². The molecule has 0 saturated carbocycles. The number of hydrogen-bond donors (Lipinski definition) is 3. The van der Waals surface area contributed by atoms with Crippen LogP contribution in [0, 0.1) is 0 Å². The Bertz CT molecular complexity index is 729. The van der Waals surface area contributed by atoms with Crippen LogP contribution >= 0.6 is 24.0 Å². The summed E-state index contributed by atoms with van der Waals surface area (Å²) in [6.07, 6.45) is 2.14. The molecule has 0 aliphatic heterocycles. The van der Waals surface area contributed by atoms with Gasteiger partial charge in [0, 0.05) is 37.9 Å². The van der Waals surface area contributed by atoms with Crippen LogP contribution in [-0.2, 0) is 17.8 Å². The van der Waals surface area contributed by atoms with Gasteiger partial charge in [-0.1, -0.05) is 31.1 Å². The van der Waals surface area contributed by atoms with Crippen molar-refractivity contribution in [3.05, 3.63) is 47.3 Å². The van der Waals surface area contributed by atoms with Crippen molar-refractivity contribution in [1.82, 2.24) is 15.8 Å². The molecule has 1 heterocycles. The maximum atomic E-state index is 5.48. The highest BCUT2D eigenvalue weighted by molar-refractivity contribution is 14.0. The third-order valence-electron chi connectivity index (χ3n) is 4.76. The molecule has 0 atom stereocenters. The molecule has 2 aromatic rings. The summed E-state index contributed by atoms with van der Waals surface area (Å²) >= 11 is 0. The lowest BCUT2D eigenvalue weighted by Gasteiger charge is -2.10. The fourth-order valence-electron chi connectivity index (χ4n) is 3.02. The second kappa shape index (κ2) is 15.1. The number of nitrogens with zero attached hydrogens (tertiary/aromatic N) is 2. The molecular formula is C22H36IN5O2. The van der Waals surface area contributed by atoms with E-state index in [9.17, 15) is 0 Å². The molecular weight excluding hydrogens is 493 g/mol. The van der Waals surface area contributed by atoms with Crippen LogP contribution < -0.4 is 16.0 Å². The van der Waals surface area contributed by atoms with Gasteiger partial charge in [0.25, 0.3) is 0 Å². The van der Waals surface area contributed by atoms with Gasteiger partial charge < -0.3 is 25.2 Å². The van der Waals surface area contributed by atoms with Crippen LogP contribution in [0.3, 0.4) is 0 Å². The molecule has 0 aliphatic carbocycles. The molecule has 0 radical (unpaired) electrons. The molecule has 7 nitrogen and oxygen atoms in total. The van der Waals surface area contributed by atoms with Gasteiger partial charge in [0.2, 0.25) is 0 Å². The first-order chi connectivity index (χ1) is 14.2. The molecule has 168 valence electrons. The number of rotatable bonds is 12. The summed E-state index contributed by atoms with van der Waals surface area (Å²) in [7, 11) is 1.70. The van der Waals surface area contributed by atoms with Gasteiger partial charge in [-0.15, -0.1) is 24.0 Å². The van der Waals surface area contributed by atoms with Crippen LogP contribution in [-0.4, -0.2) is 37.9 Å². The lowest BCUT2D eigenvalue weighted by molar-refractivity contribution is 0.211. The van der Waals surface area contributed by atoms with E-state index in [0.717, 1.165) is 54.6 Å². The third kappa shape index (κ3) is 8.91. The van der Waals surface area contributed by atoms with E-state index in [-0.39, 0.29) is 24.0 Å². The van der Waals surface area contributed by atoms with E-state index in [1.807, 2.05) is 6.07 Å². The fourth-order valence-corrected chi connectivity index (χ4v) is 3.02. The lowest BCUT2D eigenvalue weighted by Crippen LogP contribution is -2.36. The molecule has 0 spiro atoms. The minimum Gasteiger partial charge on any atom is -0.383 e. The maximum absolute atomic E-state index is 5.48. The molecule has 8 heteroatoms. The molecule has 30 heavy (non-hydrogen) atoms. The van der Waals surface area contributed by atoms with E-state index < -0.39 is 0 Å². The molecule has 0 bridgehead atoms. The highest BCUT2D eigenvalue weighted by atomic mass is 127. The Morgan fingerprint density at radius 3 is 2.50 bits per heavy atom. The normalized spacial score (nSPS) is 11.3. The number of benzene rings is 1. The van der Waals surface area contributed by atoms with Crippen molar-refractivity contribution < 1.29 is 9.26 Å². The summed E-state index contributed by atoms with van der Waals surface area (Å²) in [5.41, 5.74) is 3.27.